The van der Waals surface area contributed by atoms with Crippen LogP contribution in [0.4, 0.5) is 0 Å². The van der Waals surface area contributed by atoms with E-state index in [9.17, 15) is 14.4 Å². The molecule has 3 aromatic rings. The van der Waals surface area contributed by atoms with Crippen molar-refractivity contribution in [2.75, 3.05) is 6.61 Å². The fourth-order valence-electron chi connectivity index (χ4n) is 4.04. The summed E-state index contributed by atoms with van der Waals surface area (Å²) in [6, 6.07) is 11.1. The number of rotatable bonds is 7. The fourth-order valence-corrected chi connectivity index (χ4v) is 4.04. The summed E-state index contributed by atoms with van der Waals surface area (Å²) in [6.07, 6.45) is 5.68. The van der Waals surface area contributed by atoms with Gasteiger partial charge in [-0.25, -0.2) is 4.79 Å². The molecule has 0 aliphatic heterocycles. The zero-order valence-electron chi connectivity index (χ0n) is 19.4. The fraction of sp³-hybridized carbons (Fsp3) is 0.370. The molecule has 1 fully saturated rings. The summed E-state index contributed by atoms with van der Waals surface area (Å²) in [6.45, 7) is 3.91. The van der Waals surface area contributed by atoms with Crippen molar-refractivity contribution in [3.05, 3.63) is 64.0 Å². The lowest BCUT2D eigenvalue weighted by Crippen LogP contribution is -2.22. The molecule has 0 saturated heterocycles. The molecule has 2 aromatic carbocycles. The predicted molar refractivity (Wildman–Crippen MR) is 127 cm³/mol. The van der Waals surface area contributed by atoms with Crippen molar-refractivity contribution < 1.29 is 28.2 Å². The second kappa shape index (κ2) is 10.5. The Morgan fingerprint density at radius 1 is 1.00 bits per heavy atom. The molecule has 0 bridgehead atoms. The van der Waals surface area contributed by atoms with Crippen LogP contribution in [-0.2, 0) is 9.53 Å². The molecular weight excluding hydrogens is 436 g/mol. The van der Waals surface area contributed by atoms with Crippen LogP contribution >= 0.6 is 0 Å². The molecule has 1 aliphatic rings. The molecule has 0 unspecified atom stereocenters. The minimum Gasteiger partial charge on any atom is -0.462 e. The van der Waals surface area contributed by atoms with Crippen LogP contribution in [-0.4, -0.2) is 18.5 Å². The van der Waals surface area contributed by atoms with Gasteiger partial charge in [-0.2, -0.15) is 0 Å². The number of hydrogen-bond donors (Lipinski definition) is 0. The summed E-state index contributed by atoms with van der Waals surface area (Å²) >= 11 is 0. The number of carbonyl (C=O) groups is 2. The number of aryl methyl sites for hydroxylation is 1. The molecule has 1 aromatic heterocycles. The summed E-state index contributed by atoms with van der Waals surface area (Å²) in [5, 5.41) is 0.317. The first-order valence-electron chi connectivity index (χ1n) is 11.7. The maximum absolute atomic E-state index is 13.1. The van der Waals surface area contributed by atoms with Gasteiger partial charge >= 0.3 is 11.9 Å². The highest BCUT2D eigenvalue weighted by Gasteiger charge is 2.23. The average Bonchev–Trinajstić information content (AvgIpc) is 2.86. The molecule has 178 valence electrons. The molecular formula is C27H28O7. The Morgan fingerprint density at radius 3 is 2.41 bits per heavy atom. The smallest absolute Gasteiger partial charge is 0.338 e. The second-order valence-corrected chi connectivity index (χ2v) is 8.49. The Labute approximate surface area is 197 Å². The third-order valence-electron chi connectivity index (χ3n) is 5.89. The maximum Gasteiger partial charge on any atom is 0.338 e. The minimum atomic E-state index is -0.408. The molecule has 1 saturated carbocycles. The van der Waals surface area contributed by atoms with Gasteiger partial charge in [-0.05, 0) is 62.6 Å². The Bertz CT molecular complexity index is 1230. The first kappa shape index (κ1) is 23.5. The molecule has 1 aliphatic carbocycles. The third kappa shape index (κ3) is 5.30. The lowest BCUT2D eigenvalue weighted by atomic mass is 9.89. The molecule has 4 rings (SSSR count). The predicted octanol–water partition coefficient (Wildman–Crippen LogP) is 5.95. The molecule has 34 heavy (non-hydrogen) atoms. The highest BCUT2D eigenvalue weighted by molar-refractivity contribution is 5.89. The highest BCUT2D eigenvalue weighted by atomic mass is 16.5. The van der Waals surface area contributed by atoms with Crippen molar-refractivity contribution in [1.29, 1.82) is 0 Å². The van der Waals surface area contributed by atoms with Gasteiger partial charge < -0.3 is 18.6 Å². The lowest BCUT2D eigenvalue weighted by Gasteiger charge is -2.19. The van der Waals surface area contributed by atoms with E-state index in [0.29, 0.717) is 40.4 Å². The van der Waals surface area contributed by atoms with Crippen LogP contribution in [0.25, 0.3) is 11.0 Å². The van der Waals surface area contributed by atoms with E-state index in [1.165, 1.54) is 0 Å². The number of hydrogen-bond acceptors (Lipinski definition) is 7. The summed E-state index contributed by atoms with van der Waals surface area (Å²) in [5.41, 5.74) is 0.381. The lowest BCUT2D eigenvalue weighted by molar-refractivity contribution is -0.139. The number of carbonyl (C=O) groups excluding carboxylic acids is 2. The molecule has 7 nitrogen and oxygen atoms in total. The van der Waals surface area contributed by atoms with E-state index >= 15 is 0 Å². The van der Waals surface area contributed by atoms with Crippen LogP contribution < -0.4 is 14.9 Å². The monoisotopic (exact) mass is 464 g/mol. The van der Waals surface area contributed by atoms with E-state index in [1.54, 1.807) is 49.4 Å². The van der Waals surface area contributed by atoms with Crippen LogP contribution in [0.3, 0.4) is 0 Å². The van der Waals surface area contributed by atoms with E-state index in [4.69, 9.17) is 18.6 Å². The van der Waals surface area contributed by atoms with Crippen LogP contribution in [0.5, 0.6) is 17.2 Å². The summed E-state index contributed by atoms with van der Waals surface area (Å²) in [5.74, 6) is 0.369. The average molecular weight is 465 g/mol. The van der Waals surface area contributed by atoms with Crippen molar-refractivity contribution in [2.24, 2.45) is 5.92 Å². The highest BCUT2D eigenvalue weighted by Crippen LogP contribution is 2.29. The minimum absolute atomic E-state index is 0.0563. The Kier molecular flexibility index (Phi) is 7.30. The largest absolute Gasteiger partial charge is 0.462 e. The summed E-state index contributed by atoms with van der Waals surface area (Å²) in [7, 11) is 0. The van der Waals surface area contributed by atoms with Crippen LogP contribution in [0.1, 0.15) is 61.6 Å². The van der Waals surface area contributed by atoms with Gasteiger partial charge in [0.2, 0.25) is 11.2 Å². The standard InChI is InChI=1S/C27H28O7/c1-3-15-31-26(29)19-9-11-20(12-10-19)33-25-17(2)32-23-16-21(13-14-22(23)24(25)28)34-27(30)18-7-5-4-6-8-18/h9-14,16,18H,3-8,15H2,1-2H3. The van der Waals surface area contributed by atoms with Crippen LogP contribution in [0.15, 0.2) is 51.7 Å². The number of fused-ring (bicyclic) bond motifs is 1. The molecule has 0 amide bonds. The zero-order valence-corrected chi connectivity index (χ0v) is 19.4. The van der Waals surface area contributed by atoms with Crippen molar-refractivity contribution in [2.45, 2.75) is 52.4 Å². The first-order chi connectivity index (χ1) is 16.5. The Balaban J connectivity index is 1.52. The van der Waals surface area contributed by atoms with Gasteiger partial charge in [0.1, 0.15) is 22.8 Å². The molecule has 0 N–H and O–H groups in total. The van der Waals surface area contributed by atoms with E-state index < -0.39 is 5.97 Å². The second-order valence-electron chi connectivity index (χ2n) is 8.49. The number of benzene rings is 2. The maximum atomic E-state index is 13.1. The van der Waals surface area contributed by atoms with Crippen molar-refractivity contribution in [1.82, 2.24) is 0 Å². The first-order valence-corrected chi connectivity index (χ1v) is 11.7. The van der Waals surface area contributed by atoms with Crippen molar-refractivity contribution in [3.8, 4) is 17.2 Å². The zero-order chi connectivity index (χ0) is 24.1. The van der Waals surface area contributed by atoms with E-state index in [1.807, 2.05) is 6.92 Å². The quantitative estimate of drug-likeness (QED) is 0.315. The molecule has 0 radical (unpaired) electrons. The van der Waals surface area contributed by atoms with Gasteiger partial charge in [-0.15, -0.1) is 0 Å². The van der Waals surface area contributed by atoms with E-state index in [0.717, 1.165) is 38.5 Å². The summed E-state index contributed by atoms with van der Waals surface area (Å²) < 4.78 is 22.3. The topological polar surface area (TPSA) is 92.0 Å². The van der Waals surface area contributed by atoms with Crippen LogP contribution in [0, 0.1) is 12.8 Å². The molecule has 7 heteroatoms. The summed E-state index contributed by atoms with van der Waals surface area (Å²) in [4.78, 5) is 37.5. The van der Waals surface area contributed by atoms with Gasteiger partial charge in [0, 0.05) is 6.07 Å². The van der Waals surface area contributed by atoms with Crippen molar-refractivity contribution in [3.63, 3.8) is 0 Å². The number of esters is 2. The molecule has 1 heterocycles. The van der Waals surface area contributed by atoms with Crippen molar-refractivity contribution >= 4 is 22.9 Å². The number of ether oxygens (including phenoxy) is 3. The van der Waals surface area contributed by atoms with Gasteiger partial charge in [-0.1, -0.05) is 26.2 Å². The molecule has 0 atom stereocenters. The van der Waals surface area contributed by atoms with Crippen LogP contribution in [0.2, 0.25) is 0 Å². The van der Waals surface area contributed by atoms with Gasteiger partial charge in [-0.3, -0.25) is 9.59 Å². The van der Waals surface area contributed by atoms with Gasteiger partial charge in [0.25, 0.3) is 0 Å². The van der Waals surface area contributed by atoms with E-state index in [-0.39, 0.29) is 23.1 Å². The molecule has 0 spiro atoms. The SMILES string of the molecule is CCCOC(=O)c1ccc(Oc2c(C)oc3cc(OC(=O)C4CCCCC4)ccc3c2=O)cc1. The Hall–Kier alpha value is -3.61. The van der Waals surface area contributed by atoms with Gasteiger partial charge in [0.05, 0.1) is 23.5 Å². The van der Waals surface area contributed by atoms with Gasteiger partial charge in [0.15, 0.2) is 0 Å². The Morgan fingerprint density at radius 2 is 1.71 bits per heavy atom. The van der Waals surface area contributed by atoms with E-state index in [2.05, 4.69) is 0 Å². The normalized spacial score (nSPS) is 14.1. The third-order valence-corrected chi connectivity index (χ3v) is 5.89.